The summed E-state index contributed by atoms with van der Waals surface area (Å²) in [6.07, 6.45) is 4.75. The molecule has 2 aliphatic rings. The van der Waals surface area contributed by atoms with Crippen LogP contribution in [0.2, 0.25) is 0 Å². The number of sulfonamides is 1. The lowest BCUT2D eigenvalue weighted by molar-refractivity contribution is -0.117. The second kappa shape index (κ2) is 7.24. The van der Waals surface area contributed by atoms with E-state index in [4.69, 9.17) is 0 Å². The fourth-order valence-electron chi connectivity index (χ4n) is 3.45. The van der Waals surface area contributed by atoms with Crippen LogP contribution in [0, 0.1) is 0 Å². The van der Waals surface area contributed by atoms with Gasteiger partial charge in [-0.05, 0) is 36.8 Å². The highest BCUT2D eigenvalue weighted by atomic mass is 32.2. The molecular weight excluding hydrogens is 366 g/mol. The van der Waals surface area contributed by atoms with Crippen LogP contribution in [-0.4, -0.2) is 61.3 Å². The molecule has 142 valence electrons. The SMILES string of the molecule is O=C1CCCN1c1ccc(S(=O)(=O)N2CCN(c3ncccn3)CC2)cc1. The van der Waals surface area contributed by atoms with E-state index in [-0.39, 0.29) is 10.8 Å². The van der Waals surface area contributed by atoms with Crippen LogP contribution in [0.15, 0.2) is 47.6 Å². The number of anilines is 2. The molecule has 0 spiro atoms. The van der Waals surface area contributed by atoms with Crippen molar-refractivity contribution >= 4 is 27.6 Å². The minimum absolute atomic E-state index is 0.0878. The Balaban J connectivity index is 1.45. The smallest absolute Gasteiger partial charge is 0.243 e. The van der Waals surface area contributed by atoms with Crippen LogP contribution in [0.3, 0.4) is 0 Å². The van der Waals surface area contributed by atoms with Crippen molar-refractivity contribution in [3.8, 4) is 0 Å². The Kier molecular flexibility index (Phi) is 4.79. The van der Waals surface area contributed by atoms with Crippen LogP contribution < -0.4 is 9.80 Å². The Morgan fingerprint density at radius 3 is 2.15 bits per heavy atom. The van der Waals surface area contributed by atoms with E-state index in [0.717, 1.165) is 12.1 Å². The molecule has 1 aromatic heterocycles. The highest BCUT2D eigenvalue weighted by Crippen LogP contribution is 2.25. The Bertz CT molecular complexity index is 910. The number of carbonyl (C=O) groups is 1. The van der Waals surface area contributed by atoms with Crippen LogP contribution in [0.5, 0.6) is 0 Å². The van der Waals surface area contributed by atoms with Crippen LogP contribution in [-0.2, 0) is 14.8 Å². The highest BCUT2D eigenvalue weighted by Gasteiger charge is 2.29. The van der Waals surface area contributed by atoms with Crippen LogP contribution in [0.25, 0.3) is 0 Å². The number of amides is 1. The van der Waals surface area contributed by atoms with E-state index in [1.807, 2.05) is 4.90 Å². The maximum absolute atomic E-state index is 12.9. The lowest BCUT2D eigenvalue weighted by atomic mass is 10.3. The Morgan fingerprint density at radius 1 is 0.889 bits per heavy atom. The summed E-state index contributed by atoms with van der Waals surface area (Å²) < 4.78 is 27.3. The third kappa shape index (κ3) is 3.52. The number of hydrogen-bond donors (Lipinski definition) is 0. The summed E-state index contributed by atoms with van der Waals surface area (Å²) in [5, 5.41) is 0. The molecular formula is C18H21N5O3S. The van der Waals surface area contributed by atoms with E-state index in [9.17, 15) is 13.2 Å². The summed E-state index contributed by atoms with van der Waals surface area (Å²) in [6.45, 7) is 2.54. The Hall–Kier alpha value is -2.52. The van der Waals surface area contributed by atoms with Gasteiger partial charge in [-0.1, -0.05) is 0 Å². The maximum atomic E-state index is 12.9. The summed E-state index contributed by atoms with van der Waals surface area (Å²) >= 11 is 0. The molecule has 2 saturated heterocycles. The van der Waals surface area contributed by atoms with Crippen molar-refractivity contribution in [3.05, 3.63) is 42.7 Å². The fraction of sp³-hybridized carbons (Fsp3) is 0.389. The monoisotopic (exact) mass is 387 g/mol. The summed E-state index contributed by atoms with van der Waals surface area (Å²) in [4.78, 5) is 24.2. The largest absolute Gasteiger partial charge is 0.338 e. The molecule has 0 N–H and O–H groups in total. The molecule has 9 heteroatoms. The number of rotatable bonds is 4. The van der Waals surface area contributed by atoms with Gasteiger partial charge >= 0.3 is 0 Å². The number of carbonyl (C=O) groups excluding carboxylic acids is 1. The van der Waals surface area contributed by atoms with Gasteiger partial charge in [-0.3, -0.25) is 4.79 Å². The summed E-state index contributed by atoms with van der Waals surface area (Å²) in [5.74, 6) is 0.707. The van der Waals surface area contributed by atoms with Crippen LogP contribution in [0.1, 0.15) is 12.8 Å². The first kappa shape index (κ1) is 17.9. The van der Waals surface area contributed by atoms with E-state index >= 15 is 0 Å². The summed E-state index contributed by atoms with van der Waals surface area (Å²) in [6, 6.07) is 8.35. The number of hydrogen-bond acceptors (Lipinski definition) is 6. The van der Waals surface area contributed by atoms with Crippen molar-refractivity contribution in [3.63, 3.8) is 0 Å². The van der Waals surface area contributed by atoms with Gasteiger partial charge in [0.05, 0.1) is 4.90 Å². The Morgan fingerprint density at radius 2 is 1.56 bits per heavy atom. The van der Waals surface area contributed by atoms with Crippen molar-refractivity contribution in [2.45, 2.75) is 17.7 Å². The molecule has 4 rings (SSSR count). The van der Waals surface area contributed by atoms with Crippen molar-refractivity contribution in [2.75, 3.05) is 42.5 Å². The summed E-state index contributed by atoms with van der Waals surface area (Å²) in [5.41, 5.74) is 0.752. The molecule has 2 fully saturated rings. The molecule has 0 radical (unpaired) electrons. The zero-order chi connectivity index (χ0) is 18.9. The molecule has 0 bridgehead atoms. The van der Waals surface area contributed by atoms with Gasteiger partial charge in [0.1, 0.15) is 0 Å². The van der Waals surface area contributed by atoms with Gasteiger partial charge in [0.25, 0.3) is 0 Å². The average Bonchev–Trinajstić information content (AvgIpc) is 3.15. The van der Waals surface area contributed by atoms with Gasteiger partial charge < -0.3 is 9.80 Å². The van der Waals surface area contributed by atoms with Crippen LogP contribution >= 0.6 is 0 Å². The molecule has 1 aromatic carbocycles. The van der Waals surface area contributed by atoms with E-state index in [0.29, 0.717) is 45.1 Å². The molecule has 0 aliphatic carbocycles. The lowest BCUT2D eigenvalue weighted by Crippen LogP contribution is -2.49. The first-order valence-electron chi connectivity index (χ1n) is 8.98. The zero-order valence-electron chi connectivity index (χ0n) is 14.9. The van der Waals surface area contributed by atoms with E-state index in [1.165, 1.54) is 4.31 Å². The fourth-order valence-corrected chi connectivity index (χ4v) is 4.87. The first-order chi connectivity index (χ1) is 13.1. The second-order valence-corrected chi connectivity index (χ2v) is 8.52. The predicted molar refractivity (Wildman–Crippen MR) is 101 cm³/mol. The number of benzene rings is 1. The van der Waals surface area contributed by atoms with Crippen LogP contribution in [0.4, 0.5) is 11.6 Å². The minimum atomic E-state index is -3.56. The molecule has 27 heavy (non-hydrogen) atoms. The maximum Gasteiger partial charge on any atom is 0.243 e. The molecule has 1 amide bonds. The van der Waals surface area contributed by atoms with Gasteiger partial charge in [0, 0.05) is 57.2 Å². The van der Waals surface area contributed by atoms with Gasteiger partial charge in [0.15, 0.2) is 0 Å². The van der Waals surface area contributed by atoms with Gasteiger partial charge in [0.2, 0.25) is 21.9 Å². The first-order valence-corrected chi connectivity index (χ1v) is 10.4. The van der Waals surface area contributed by atoms with Crippen molar-refractivity contribution in [1.82, 2.24) is 14.3 Å². The lowest BCUT2D eigenvalue weighted by Gasteiger charge is -2.33. The molecule has 0 atom stereocenters. The van der Waals surface area contributed by atoms with Gasteiger partial charge in [-0.2, -0.15) is 4.31 Å². The third-order valence-electron chi connectivity index (χ3n) is 4.93. The summed E-state index contributed by atoms with van der Waals surface area (Å²) in [7, 11) is -3.56. The van der Waals surface area contributed by atoms with Crippen molar-refractivity contribution in [2.24, 2.45) is 0 Å². The molecule has 2 aliphatic heterocycles. The number of nitrogens with zero attached hydrogens (tertiary/aromatic N) is 5. The van der Waals surface area contributed by atoms with Crippen molar-refractivity contribution in [1.29, 1.82) is 0 Å². The highest BCUT2D eigenvalue weighted by molar-refractivity contribution is 7.89. The zero-order valence-corrected chi connectivity index (χ0v) is 15.7. The minimum Gasteiger partial charge on any atom is -0.338 e. The standard InChI is InChI=1S/C18H21N5O3S/c24-17-3-1-10-23(17)15-4-6-16(7-5-15)27(25,26)22-13-11-21(12-14-22)18-19-8-2-9-20-18/h2,4-9H,1,3,10-14H2. The number of aromatic nitrogens is 2. The van der Waals surface area contributed by atoms with Gasteiger partial charge in [-0.25, -0.2) is 18.4 Å². The Labute approximate surface area is 158 Å². The van der Waals surface area contributed by atoms with E-state index in [1.54, 1.807) is 47.6 Å². The quantitative estimate of drug-likeness (QED) is 0.781. The number of piperazine rings is 1. The van der Waals surface area contributed by atoms with E-state index in [2.05, 4.69) is 9.97 Å². The average molecular weight is 387 g/mol. The van der Waals surface area contributed by atoms with Gasteiger partial charge in [-0.15, -0.1) is 0 Å². The second-order valence-electron chi connectivity index (χ2n) is 6.58. The third-order valence-corrected chi connectivity index (χ3v) is 6.85. The predicted octanol–water partition coefficient (Wildman–Crippen LogP) is 1.11. The normalized spacial score (nSPS) is 18.9. The molecule has 3 heterocycles. The molecule has 0 saturated carbocycles. The molecule has 0 unspecified atom stereocenters. The molecule has 8 nitrogen and oxygen atoms in total. The van der Waals surface area contributed by atoms with E-state index < -0.39 is 10.0 Å². The molecule has 2 aromatic rings. The van der Waals surface area contributed by atoms with Crippen molar-refractivity contribution < 1.29 is 13.2 Å². The topological polar surface area (TPSA) is 86.7 Å².